The summed E-state index contributed by atoms with van der Waals surface area (Å²) < 4.78 is 5.35. The first-order valence-electron chi connectivity index (χ1n) is 5.07. The number of nitrogens with zero attached hydrogens (tertiary/aromatic N) is 1. The number of carbonyl (C=O) groups is 1. The van der Waals surface area contributed by atoms with E-state index >= 15 is 0 Å². The van der Waals surface area contributed by atoms with E-state index in [9.17, 15) is 4.79 Å². The number of aliphatic imine (C=N–C) groups is 1. The van der Waals surface area contributed by atoms with Crippen LogP contribution in [0.5, 0.6) is 5.75 Å². The summed E-state index contributed by atoms with van der Waals surface area (Å²) in [6, 6.07) is 5.43. The van der Waals surface area contributed by atoms with Crippen LogP contribution in [0.1, 0.15) is 24.2 Å². The second-order valence-corrected chi connectivity index (χ2v) is 3.54. The van der Waals surface area contributed by atoms with Gasteiger partial charge in [0, 0.05) is 11.8 Å². The molecule has 0 saturated heterocycles. The minimum atomic E-state index is -0.130. The summed E-state index contributed by atoms with van der Waals surface area (Å²) in [5.74, 6) is 0.713. The van der Waals surface area contributed by atoms with E-state index in [0.29, 0.717) is 12.2 Å². The van der Waals surface area contributed by atoms with Gasteiger partial charge in [-0.2, -0.15) is 0 Å². The largest absolute Gasteiger partial charge is 0.494 e. The highest BCUT2D eigenvalue weighted by Crippen LogP contribution is 2.29. The van der Waals surface area contributed by atoms with E-state index in [1.54, 1.807) is 12.3 Å². The lowest BCUT2D eigenvalue weighted by atomic mass is 9.96. The third-order valence-electron chi connectivity index (χ3n) is 2.40. The summed E-state index contributed by atoms with van der Waals surface area (Å²) in [5, 5.41) is 0. The fourth-order valence-corrected chi connectivity index (χ4v) is 1.59. The van der Waals surface area contributed by atoms with E-state index in [1.165, 1.54) is 0 Å². The van der Waals surface area contributed by atoms with Crippen LogP contribution in [0.4, 0.5) is 5.69 Å². The van der Waals surface area contributed by atoms with Gasteiger partial charge < -0.3 is 4.74 Å². The highest BCUT2D eigenvalue weighted by atomic mass is 16.5. The molecule has 1 aliphatic heterocycles. The van der Waals surface area contributed by atoms with Crippen molar-refractivity contribution in [3.63, 3.8) is 0 Å². The molecule has 0 bridgehead atoms. The van der Waals surface area contributed by atoms with Crippen molar-refractivity contribution in [1.82, 2.24) is 0 Å². The van der Waals surface area contributed by atoms with Crippen LogP contribution in [0.2, 0.25) is 0 Å². The Labute approximate surface area is 88.8 Å². The van der Waals surface area contributed by atoms with Crippen LogP contribution in [-0.2, 0) is 0 Å². The number of ketones is 1. The molecule has 0 aromatic heterocycles. The summed E-state index contributed by atoms with van der Waals surface area (Å²) in [6.45, 7) is 4.37. The Morgan fingerprint density at radius 1 is 1.47 bits per heavy atom. The van der Waals surface area contributed by atoms with E-state index in [-0.39, 0.29) is 11.7 Å². The Hall–Kier alpha value is -1.64. The number of rotatable bonds is 2. The first-order chi connectivity index (χ1) is 7.22. The van der Waals surface area contributed by atoms with Crippen LogP contribution in [0, 0.1) is 5.92 Å². The number of ether oxygens (including phenoxy) is 1. The Morgan fingerprint density at radius 2 is 2.27 bits per heavy atom. The fraction of sp³-hybridized carbons (Fsp3) is 0.333. The Kier molecular flexibility index (Phi) is 2.54. The van der Waals surface area contributed by atoms with Gasteiger partial charge in [0.2, 0.25) is 0 Å². The van der Waals surface area contributed by atoms with Crippen LogP contribution in [0.3, 0.4) is 0 Å². The second kappa shape index (κ2) is 3.85. The molecule has 1 atom stereocenters. The Bertz CT molecular complexity index is 424. The van der Waals surface area contributed by atoms with Crippen LogP contribution in [-0.4, -0.2) is 18.6 Å². The number of hydrogen-bond acceptors (Lipinski definition) is 3. The zero-order valence-corrected chi connectivity index (χ0v) is 8.86. The van der Waals surface area contributed by atoms with Crippen LogP contribution in [0.15, 0.2) is 23.2 Å². The highest BCUT2D eigenvalue weighted by molar-refractivity contribution is 6.12. The molecule has 1 aromatic carbocycles. The maximum Gasteiger partial charge on any atom is 0.173 e. The molecule has 0 spiro atoms. The Balaban J connectivity index is 2.43. The third kappa shape index (κ3) is 1.77. The monoisotopic (exact) mass is 203 g/mol. The number of hydrogen-bond donors (Lipinski definition) is 0. The van der Waals surface area contributed by atoms with Crippen molar-refractivity contribution in [2.24, 2.45) is 10.9 Å². The molecular formula is C12H13NO2. The number of benzene rings is 1. The summed E-state index contributed by atoms with van der Waals surface area (Å²) >= 11 is 0. The van der Waals surface area contributed by atoms with E-state index < -0.39 is 0 Å². The predicted octanol–water partition coefficient (Wildman–Crippen LogP) is 2.62. The molecule has 3 heteroatoms. The molecule has 0 saturated carbocycles. The van der Waals surface area contributed by atoms with Crippen molar-refractivity contribution in [1.29, 1.82) is 0 Å². The topological polar surface area (TPSA) is 38.7 Å². The SMILES string of the molecule is CCOc1ccc2c(c1)C(=O)C(C)C=N2. The van der Waals surface area contributed by atoms with Crippen molar-refractivity contribution in [2.75, 3.05) is 6.61 Å². The summed E-state index contributed by atoms with van der Waals surface area (Å²) in [4.78, 5) is 16.1. The Morgan fingerprint density at radius 3 is 3.00 bits per heavy atom. The molecule has 0 radical (unpaired) electrons. The van der Waals surface area contributed by atoms with Crippen molar-refractivity contribution >= 4 is 17.7 Å². The average Bonchev–Trinajstić information content (AvgIpc) is 2.25. The van der Waals surface area contributed by atoms with E-state index in [0.717, 1.165) is 11.4 Å². The van der Waals surface area contributed by atoms with Gasteiger partial charge in [-0.15, -0.1) is 0 Å². The predicted molar refractivity (Wildman–Crippen MR) is 59.3 cm³/mol. The molecule has 15 heavy (non-hydrogen) atoms. The molecule has 2 rings (SSSR count). The number of Topliss-reactive ketones (excluding diaryl/α,β-unsaturated/α-hetero) is 1. The van der Waals surface area contributed by atoms with Crippen LogP contribution in [0.25, 0.3) is 0 Å². The van der Waals surface area contributed by atoms with E-state index in [2.05, 4.69) is 4.99 Å². The molecule has 3 nitrogen and oxygen atoms in total. The van der Waals surface area contributed by atoms with Gasteiger partial charge in [-0.05, 0) is 25.1 Å². The van der Waals surface area contributed by atoms with Gasteiger partial charge >= 0.3 is 0 Å². The van der Waals surface area contributed by atoms with Crippen molar-refractivity contribution in [3.8, 4) is 5.75 Å². The van der Waals surface area contributed by atoms with Gasteiger partial charge in [-0.1, -0.05) is 6.92 Å². The molecule has 1 aliphatic rings. The lowest BCUT2D eigenvalue weighted by Gasteiger charge is -2.14. The lowest BCUT2D eigenvalue weighted by molar-refractivity contribution is 0.0962. The molecule has 1 unspecified atom stereocenters. The zero-order valence-electron chi connectivity index (χ0n) is 8.86. The number of carbonyl (C=O) groups excluding carboxylic acids is 1. The highest BCUT2D eigenvalue weighted by Gasteiger charge is 2.21. The molecule has 1 aromatic rings. The lowest BCUT2D eigenvalue weighted by Crippen LogP contribution is -2.16. The molecule has 0 fully saturated rings. The molecule has 78 valence electrons. The van der Waals surface area contributed by atoms with E-state index in [4.69, 9.17) is 4.74 Å². The van der Waals surface area contributed by atoms with Gasteiger partial charge in [-0.25, -0.2) is 0 Å². The fourth-order valence-electron chi connectivity index (χ4n) is 1.59. The summed E-state index contributed by atoms with van der Waals surface area (Å²) in [5.41, 5.74) is 1.40. The smallest absolute Gasteiger partial charge is 0.173 e. The quantitative estimate of drug-likeness (QED) is 0.741. The maximum absolute atomic E-state index is 11.8. The first-order valence-corrected chi connectivity index (χ1v) is 5.07. The van der Waals surface area contributed by atoms with Gasteiger partial charge in [0.25, 0.3) is 0 Å². The normalized spacial score (nSPS) is 18.8. The van der Waals surface area contributed by atoms with E-state index in [1.807, 2.05) is 26.0 Å². The van der Waals surface area contributed by atoms with Gasteiger partial charge in [0.05, 0.1) is 18.2 Å². The van der Waals surface area contributed by atoms with Gasteiger partial charge in [0.15, 0.2) is 5.78 Å². The summed E-state index contributed by atoms with van der Waals surface area (Å²) in [6.07, 6.45) is 1.69. The van der Waals surface area contributed by atoms with Crippen molar-refractivity contribution in [2.45, 2.75) is 13.8 Å². The molecule has 0 amide bonds. The standard InChI is InChI=1S/C12H13NO2/c1-3-15-9-4-5-11-10(6-9)12(14)8(2)7-13-11/h4-8H,3H2,1-2H3. The number of fused-ring (bicyclic) bond motifs is 1. The molecule has 1 heterocycles. The van der Waals surface area contributed by atoms with Crippen LogP contribution < -0.4 is 4.74 Å². The minimum Gasteiger partial charge on any atom is -0.494 e. The average molecular weight is 203 g/mol. The molecule has 0 N–H and O–H groups in total. The zero-order chi connectivity index (χ0) is 10.8. The minimum absolute atomic E-state index is 0.113. The maximum atomic E-state index is 11.8. The summed E-state index contributed by atoms with van der Waals surface area (Å²) in [7, 11) is 0. The second-order valence-electron chi connectivity index (χ2n) is 3.54. The molecular weight excluding hydrogens is 190 g/mol. The van der Waals surface area contributed by atoms with Crippen molar-refractivity contribution in [3.05, 3.63) is 23.8 Å². The van der Waals surface area contributed by atoms with Crippen molar-refractivity contribution < 1.29 is 9.53 Å². The van der Waals surface area contributed by atoms with Gasteiger partial charge in [0.1, 0.15) is 5.75 Å². The van der Waals surface area contributed by atoms with Crippen LogP contribution >= 0.6 is 0 Å². The molecule has 0 aliphatic carbocycles. The third-order valence-corrected chi connectivity index (χ3v) is 2.40. The van der Waals surface area contributed by atoms with Gasteiger partial charge in [-0.3, -0.25) is 9.79 Å². The first kappa shape index (κ1) is 9.90.